The SMILES string of the molecule is CN(C)c1ccc(NC(=O)c2ccc(Cl)c(N)c2)cn1. The molecule has 1 amide bonds. The molecule has 0 atom stereocenters. The molecule has 104 valence electrons. The first-order chi connectivity index (χ1) is 9.47. The van der Waals surface area contributed by atoms with Crippen molar-refractivity contribution in [2.45, 2.75) is 0 Å². The molecule has 0 fully saturated rings. The lowest BCUT2D eigenvalue weighted by Crippen LogP contribution is -2.14. The highest BCUT2D eigenvalue weighted by Gasteiger charge is 2.08. The second-order valence-corrected chi connectivity index (χ2v) is 4.90. The normalized spacial score (nSPS) is 10.2. The Kier molecular flexibility index (Phi) is 4.10. The van der Waals surface area contributed by atoms with Crippen molar-refractivity contribution in [1.82, 2.24) is 4.98 Å². The summed E-state index contributed by atoms with van der Waals surface area (Å²) < 4.78 is 0. The Morgan fingerprint density at radius 2 is 2.05 bits per heavy atom. The van der Waals surface area contributed by atoms with Crippen LogP contribution in [0, 0.1) is 0 Å². The molecular weight excluding hydrogens is 276 g/mol. The second-order valence-electron chi connectivity index (χ2n) is 4.49. The molecule has 0 saturated carbocycles. The van der Waals surface area contributed by atoms with Crippen LogP contribution in [-0.2, 0) is 0 Å². The number of carbonyl (C=O) groups is 1. The van der Waals surface area contributed by atoms with Crippen molar-refractivity contribution in [2.75, 3.05) is 30.0 Å². The van der Waals surface area contributed by atoms with Gasteiger partial charge in [-0.3, -0.25) is 4.79 Å². The fourth-order valence-electron chi connectivity index (χ4n) is 1.61. The van der Waals surface area contributed by atoms with Crippen molar-refractivity contribution in [2.24, 2.45) is 0 Å². The number of pyridine rings is 1. The summed E-state index contributed by atoms with van der Waals surface area (Å²) in [7, 11) is 3.80. The monoisotopic (exact) mass is 290 g/mol. The smallest absolute Gasteiger partial charge is 0.255 e. The largest absolute Gasteiger partial charge is 0.398 e. The molecule has 0 bridgehead atoms. The highest BCUT2D eigenvalue weighted by atomic mass is 35.5. The van der Waals surface area contributed by atoms with Crippen LogP contribution in [0.2, 0.25) is 5.02 Å². The molecule has 1 aromatic carbocycles. The van der Waals surface area contributed by atoms with E-state index in [1.165, 1.54) is 0 Å². The van der Waals surface area contributed by atoms with Crippen molar-refractivity contribution in [3.05, 3.63) is 47.1 Å². The van der Waals surface area contributed by atoms with Gasteiger partial charge < -0.3 is 16.0 Å². The first-order valence-electron chi connectivity index (χ1n) is 5.97. The summed E-state index contributed by atoms with van der Waals surface area (Å²) in [6.45, 7) is 0. The van der Waals surface area contributed by atoms with Gasteiger partial charge in [-0.25, -0.2) is 4.98 Å². The van der Waals surface area contributed by atoms with Crippen LogP contribution in [-0.4, -0.2) is 25.0 Å². The fourth-order valence-corrected chi connectivity index (χ4v) is 1.73. The molecule has 0 spiro atoms. The average molecular weight is 291 g/mol. The number of nitrogens with zero attached hydrogens (tertiary/aromatic N) is 2. The Balaban J connectivity index is 2.12. The zero-order chi connectivity index (χ0) is 14.7. The van der Waals surface area contributed by atoms with E-state index in [9.17, 15) is 4.79 Å². The number of benzene rings is 1. The molecule has 1 heterocycles. The van der Waals surface area contributed by atoms with Gasteiger partial charge in [-0.2, -0.15) is 0 Å². The standard InChI is InChI=1S/C14H15ClN4O/c1-19(2)13-6-4-10(8-17-13)18-14(20)9-3-5-11(15)12(16)7-9/h3-8H,16H2,1-2H3,(H,18,20). The molecule has 6 heteroatoms. The molecule has 0 aliphatic heterocycles. The van der Waals surface area contributed by atoms with E-state index in [0.717, 1.165) is 5.82 Å². The van der Waals surface area contributed by atoms with Gasteiger partial charge in [0.15, 0.2) is 0 Å². The van der Waals surface area contributed by atoms with E-state index in [2.05, 4.69) is 10.3 Å². The predicted molar refractivity (Wildman–Crippen MR) is 82.4 cm³/mol. The Hall–Kier alpha value is -2.27. The van der Waals surface area contributed by atoms with Crippen molar-refractivity contribution in [1.29, 1.82) is 0 Å². The average Bonchev–Trinajstić information content (AvgIpc) is 2.42. The van der Waals surface area contributed by atoms with Crippen LogP contribution >= 0.6 is 11.6 Å². The van der Waals surface area contributed by atoms with Gasteiger partial charge in [0.25, 0.3) is 5.91 Å². The van der Waals surface area contributed by atoms with Crippen LogP contribution in [0.15, 0.2) is 36.5 Å². The maximum atomic E-state index is 12.0. The van der Waals surface area contributed by atoms with Crippen molar-refractivity contribution >= 4 is 34.7 Å². The van der Waals surface area contributed by atoms with E-state index in [4.69, 9.17) is 17.3 Å². The van der Waals surface area contributed by atoms with Crippen molar-refractivity contribution in [3.8, 4) is 0 Å². The van der Waals surface area contributed by atoms with Crippen LogP contribution in [0.4, 0.5) is 17.2 Å². The molecule has 0 aliphatic rings. The van der Waals surface area contributed by atoms with Crippen LogP contribution in [0.5, 0.6) is 0 Å². The molecule has 0 saturated heterocycles. The van der Waals surface area contributed by atoms with Crippen LogP contribution in [0.25, 0.3) is 0 Å². The summed E-state index contributed by atoms with van der Waals surface area (Å²) in [4.78, 5) is 18.2. The third-order valence-electron chi connectivity index (χ3n) is 2.72. The number of nitrogen functional groups attached to an aromatic ring is 1. The number of hydrogen-bond donors (Lipinski definition) is 2. The van der Waals surface area contributed by atoms with E-state index in [1.54, 1.807) is 30.5 Å². The number of carbonyl (C=O) groups excluding carboxylic acids is 1. The number of amides is 1. The maximum Gasteiger partial charge on any atom is 0.255 e. The lowest BCUT2D eigenvalue weighted by Gasteiger charge is -2.11. The van der Waals surface area contributed by atoms with Crippen molar-refractivity contribution in [3.63, 3.8) is 0 Å². The van der Waals surface area contributed by atoms with Gasteiger partial charge in [0, 0.05) is 19.7 Å². The number of hydrogen-bond acceptors (Lipinski definition) is 4. The topological polar surface area (TPSA) is 71.2 Å². The summed E-state index contributed by atoms with van der Waals surface area (Å²) in [6.07, 6.45) is 1.60. The molecule has 0 radical (unpaired) electrons. The van der Waals surface area contributed by atoms with Gasteiger partial charge in [0.1, 0.15) is 5.82 Å². The third kappa shape index (κ3) is 3.19. The van der Waals surface area contributed by atoms with Crippen molar-refractivity contribution < 1.29 is 4.79 Å². The summed E-state index contributed by atoms with van der Waals surface area (Å²) in [5, 5.41) is 3.18. The lowest BCUT2D eigenvalue weighted by atomic mass is 10.2. The highest BCUT2D eigenvalue weighted by molar-refractivity contribution is 6.33. The highest BCUT2D eigenvalue weighted by Crippen LogP contribution is 2.20. The van der Waals surface area contributed by atoms with Crippen LogP contribution < -0.4 is 16.0 Å². The molecular formula is C14H15ClN4O. The fraction of sp³-hybridized carbons (Fsp3) is 0.143. The summed E-state index contributed by atoms with van der Waals surface area (Å²) in [5.41, 5.74) is 7.12. The van der Waals surface area contributed by atoms with Crippen LogP contribution in [0.3, 0.4) is 0 Å². The number of aromatic nitrogens is 1. The quantitative estimate of drug-likeness (QED) is 0.853. The maximum absolute atomic E-state index is 12.0. The Labute approximate surface area is 122 Å². The second kappa shape index (κ2) is 5.79. The Bertz CT molecular complexity index is 626. The number of anilines is 3. The van der Waals surface area contributed by atoms with Gasteiger partial charge in [-0.05, 0) is 30.3 Å². The van der Waals surface area contributed by atoms with Gasteiger partial charge in [0.2, 0.25) is 0 Å². The predicted octanol–water partition coefficient (Wildman–Crippen LogP) is 2.64. The summed E-state index contributed by atoms with van der Waals surface area (Å²) in [5.74, 6) is 0.562. The Morgan fingerprint density at radius 1 is 1.30 bits per heavy atom. The molecule has 5 nitrogen and oxygen atoms in total. The number of nitrogens with two attached hydrogens (primary N) is 1. The minimum absolute atomic E-state index is 0.257. The molecule has 1 aromatic heterocycles. The summed E-state index contributed by atoms with van der Waals surface area (Å²) in [6, 6.07) is 8.37. The summed E-state index contributed by atoms with van der Waals surface area (Å²) >= 11 is 5.82. The lowest BCUT2D eigenvalue weighted by molar-refractivity contribution is 0.102. The van der Waals surface area contributed by atoms with E-state index in [0.29, 0.717) is 22.0 Å². The molecule has 0 unspecified atom stereocenters. The van der Waals surface area contributed by atoms with Gasteiger partial charge in [-0.1, -0.05) is 11.6 Å². The van der Waals surface area contributed by atoms with Gasteiger partial charge >= 0.3 is 0 Å². The minimum atomic E-state index is -0.257. The Morgan fingerprint density at radius 3 is 2.60 bits per heavy atom. The minimum Gasteiger partial charge on any atom is -0.398 e. The number of nitrogens with one attached hydrogen (secondary N) is 1. The molecule has 0 aliphatic carbocycles. The molecule has 2 rings (SSSR count). The van der Waals surface area contributed by atoms with Gasteiger partial charge in [0.05, 0.1) is 22.6 Å². The first-order valence-corrected chi connectivity index (χ1v) is 6.35. The van der Waals surface area contributed by atoms with E-state index >= 15 is 0 Å². The first kappa shape index (κ1) is 14.1. The van der Waals surface area contributed by atoms with E-state index < -0.39 is 0 Å². The van der Waals surface area contributed by atoms with E-state index in [1.807, 2.05) is 25.1 Å². The molecule has 2 aromatic rings. The number of rotatable bonds is 3. The third-order valence-corrected chi connectivity index (χ3v) is 3.07. The zero-order valence-corrected chi connectivity index (χ0v) is 12.0. The van der Waals surface area contributed by atoms with Crippen LogP contribution in [0.1, 0.15) is 10.4 Å². The molecule has 3 N–H and O–H groups in total. The van der Waals surface area contributed by atoms with Gasteiger partial charge in [-0.15, -0.1) is 0 Å². The zero-order valence-electron chi connectivity index (χ0n) is 11.2. The van der Waals surface area contributed by atoms with E-state index in [-0.39, 0.29) is 5.91 Å². The molecule has 20 heavy (non-hydrogen) atoms. The number of halogens is 1.